The second kappa shape index (κ2) is 9.65. The highest BCUT2D eigenvalue weighted by molar-refractivity contribution is 5.91. The highest BCUT2D eigenvalue weighted by Crippen LogP contribution is 2.44. The summed E-state index contributed by atoms with van der Waals surface area (Å²) in [7, 11) is 0. The van der Waals surface area contributed by atoms with Crippen LogP contribution < -0.4 is 10.6 Å². The minimum absolute atomic E-state index is 0.0384. The number of carboxylic acids is 1. The number of benzene rings is 2. The van der Waals surface area contributed by atoms with Gasteiger partial charge in [-0.05, 0) is 61.3 Å². The summed E-state index contributed by atoms with van der Waals surface area (Å²) in [6.07, 6.45) is 2.51. The van der Waals surface area contributed by atoms with Crippen LogP contribution in [-0.4, -0.2) is 41.3 Å². The molecule has 3 N–H and O–H groups in total. The fourth-order valence-corrected chi connectivity index (χ4v) is 4.76. The smallest absolute Gasteiger partial charge is 0.408 e. The van der Waals surface area contributed by atoms with Crippen LogP contribution in [0, 0.1) is 0 Å². The lowest BCUT2D eigenvalue weighted by Gasteiger charge is -2.41. The Morgan fingerprint density at radius 2 is 1.67 bits per heavy atom. The number of nitrogens with one attached hydrogen (secondary N) is 2. The van der Waals surface area contributed by atoms with Crippen LogP contribution in [0.1, 0.15) is 62.5 Å². The highest BCUT2D eigenvalue weighted by Gasteiger charge is 2.46. The largest absolute Gasteiger partial charge is 0.481 e. The maximum Gasteiger partial charge on any atom is 0.408 e. The van der Waals surface area contributed by atoms with Crippen LogP contribution in [0.3, 0.4) is 0 Å². The van der Waals surface area contributed by atoms with E-state index in [1.54, 1.807) is 0 Å². The number of amides is 2. The number of carbonyl (C=O) groups is 3. The second-order valence-corrected chi connectivity index (χ2v) is 9.05. The van der Waals surface area contributed by atoms with E-state index in [4.69, 9.17) is 9.84 Å². The number of rotatable bonds is 9. The van der Waals surface area contributed by atoms with Crippen molar-refractivity contribution in [3.8, 4) is 11.1 Å². The Labute approximate surface area is 193 Å². The number of hydrogen-bond acceptors (Lipinski definition) is 4. The fraction of sp³-hybridized carbons (Fsp3) is 0.423. The summed E-state index contributed by atoms with van der Waals surface area (Å²) in [6.45, 7) is 2.04. The van der Waals surface area contributed by atoms with Crippen molar-refractivity contribution in [1.29, 1.82) is 0 Å². The summed E-state index contributed by atoms with van der Waals surface area (Å²) >= 11 is 0. The van der Waals surface area contributed by atoms with E-state index in [9.17, 15) is 14.4 Å². The summed E-state index contributed by atoms with van der Waals surface area (Å²) in [5, 5.41) is 14.5. The Hall–Kier alpha value is -3.35. The molecule has 7 nitrogen and oxygen atoms in total. The average Bonchev–Trinajstić information content (AvgIpc) is 3.08. The third-order valence-electron chi connectivity index (χ3n) is 6.73. The lowest BCUT2D eigenvalue weighted by molar-refractivity contribution is -0.137. The summed E-state index contributed by atoms with van der Waals surface area (Å²) in [4.78, 5) is 36.3. The quantitative estimate of drug-likeness (QED) is 0.531. The summed E-state index contributed by atoms with van der Waals surface area (Å²) in [6, 6.07) is 16.1. The minimum atomic E-state index is -0.955. The molecule has 7 heteroatoms. The third kappa shape index (κ3) is 4.87. The van der Waals surface area contributed by atoms with Crippen molar-refractivity contribution in [1.82, 2.24) is 10.6 Å². The van der Waals surface area contributed by atoms with Crippen molar-refractivity contribution >= 4 is 18.0 Å². The molecular weight excluding hydrogens is 420 g/mol. The van der Waals surface area contributed by atoms with E-state index in [0.717, 1.165) is 28.7 Å². The molecule has 2 amide bonds. The number of ether oxygens (including phenoxy) is 1. The highest BCUT2D eigenvalue weighted by atomic mass is 16.5. The Morgan fingerprint density at radius 3 is 2.21 bits per heavy atom. The van der Waals surface area contributed by atoms with Gasteiger partial charge in [0.25, 0.3) is 0 Å². The van der Waals surface area contributed by atoms with E-state index in [1.165, 1.54) is 0 Å². The first-order chi connectivity index (χ1) is 15.9. The predicted molar refractivity (Wildman–Crippen MR) is 124 cm³/mol. The molecule has 2 aliphatic carbocycles. The van der Waals surface area contributed by atoms with Crippen LogP contribution in [0.5, 0.6) is 0 Å². The first-order valence-electron chi connectivity index (χ1n) is 11.6. The van der Waals surface area contributed by atoms with Gasteiger partial charge in [0.15, 0.2) is 0 Å². The van der Waals surface area contributed by atoms with Crippen molar-refractivity contribution < 1.29 is 24.2 Å². The van der Waals surface area contributed by atoms with Crippen molar-refractivity contribution in [3.63, 3.8) is 0 Å². The molecule has 2 aromatic rings. The molecule has 1 atom stereocenters. The Morgan fingerprint density at radius 1 is 1.06 bits per heavy atom. The zero-order chi connectivity index (χ0) is 23.4. The van der Waals surface area contributed by atoms with Crippen molar-refractivity contribution in [3.05, 3.63) is 59.7 Å². The Kier molecular flexibility index (Phi) is 6.67. The number of fused-ring (bicyclic) bond motifs is 3. The first kappa shape index (κ1) is 22.8. The molecule has 0 saturated heterocycles. The van der Waals surface area contributed by atoms with Crippen LogP contribution in [0.4, 0.5) is 4.79 Å². The molecule has 0 radical (unpaired) electrons. The first-order valence-corrected chi connectivity index (χ1v) is 11.6. The molecule has 0 aliphatic heterocycles. The number of carboxylic acid groups (broad SMARTS) is 1. The number of carbonyl (C=O) groups excluding carboxylic acids is 2. The molecule has 0 heterocycles. The third-order valence-corrected chi connectivity index (χ3v) is 6.73. The van der Waals surface area contributed by atoms with Gasteiger partial charge in [-0.25, -0.2) is 4.79 Å². The van der Waals surface area contributed by atoms with E-state index >= 15 is 0 Å². The van der Waals surface area contributed by atoms with Gasteiger partial charge in [-0.1, -0.05) is 48.5 Å². The van der Waals surface area contributed by atoms with E-state index in [0.29, 0.717) is 25.7 Å². The Balaban J connectivity index is 1.34. The zero-order valence-corrected chi connectivity index (χ0v) is 18.8. The van der Waals surface area contributed by atoms with E-state index in [2.05, 4.69) is 34.9 Å². The van der Waals surface area contributed by atoms with Crippen LogP contribution in [0.15, 0.2) is 48.5 Å². The van der Waals surface area contributed by atoms with Crippen LogP contribution in [-0.2, 0) is 14.3 Å². The molecule has 0 spiro atoms. The molecule has 1 fully saturated rings. The summed E-state index contributed by atoms with van der Waals surface area (Å²) in [5.74, 6) is -1.12. The lowest BCUT2D eigenvalue weighted by atomic mass is 9.76. The van der Waals surface area contributed by atoms with Crippen molar-refractivity contribution in [2.24, 2.45) is 0 Å². The number of hydrogen-bond donors (Lipinski definition) is 3. The normalized spacial score (nSPS) is 16.6. The molecule has 2 aliphatic rings. The minimum Gasteiger partial charge on any atom is -0.481 e. The molecular formula is C26H30N2O5. The van der Waals surface area contributed by atoms with Crippen molar-refractivity contribution in [2.75, 3.05) is 6.61 Å². The molecule has 1 unspecified atom stereocenters. The van der Waals surface area contributed by atoms with Gasteiger partial charge in [0.05, 0.1) is 0 Å². The number of aliphatic carboxylic acids is 1. The summed E-state index contributed by atoms with van der Waals surface area (Å²) in [5.41, 5.74) is 3.64. The maximum absolute atomic E-state index is 12.9. The van der Waals surface area contributed by atoms with Gasteiger partial charge in [-0.3, -0.25) is 9.59 Å². The van der Waals surface area contributed by atoms with E-state index in [-0.39, 0.29) is 30.9 Å². The number of alkyl carbamates (subject to hydrolysis) is 1. The van der Waals surface area contributed by atoms with Gasteiger partial charge in [-0.2, -0.15) is 0 Å². The van der Waals surface area contributed by atoms with Gasteiger partial charge < -0.3 is 20.5 Å². The second-order valence-electron chi connectivity index (χ2n) is 9.05. The zero-order valence-electron chi connectivity index (χ0n) is 18.8. The average molecular weight is 451 g/mol. The molecule has 0 bridgehead atoms. The molecule has 4 rings (SSSR count). The lowest BCUT2D eigenvalue weighted by Crippen LogP contribution is -2.63. The van der Waals surface area contributed by atoms with Crippen LogP contribution in [0.2, 0.25) is 0 Å². The summed E-state index contributed by atoms with van der Waals surface area (Å²) < 4.78 is 5.62. The maximum atomic E-state index is 12.9. The van der Waals surface area contributed by atoms with Gasteiger partial charge in [0.1, 0.15) is 12.1 Å². The standard InChI is InChI=1S/C26H30N2O5/c1-17(8-6-13-23(29)30)27-24(31)26(14-7-15-26)28-25(32)33-16-22-20-11-4-2-9-18(20)19-10-3-5-12-21(19)22/h2-5,9-12,17,22H,6-8,13-16H2,1H3,(H,27,31)(H,28,32)(H,29,30). The molecule has 0 aromatic heterocycles. The Bertz CT molecular complexity index is 1000. The van der Waals surface area contributed by atoms with Gasteiger partial charge in [-0.15, -0.1) is 0 Å². The van der Waals surface area contributed by atoms with E-state index < -0.39 is 17.6 Å². The molecule has 1 saturated carbocycles. The molecule has 33 heavy (non-hydrogen) atoms. The molecule has 174 valence electrons. The molecule has 2 aromatic carbocycles. The van der Waals surface area contributed by atoms with Gasteiger partial charge >= 0.3 is 12.1 Å². The fourth-order valence-electron chi connectivity index (χ4n) is 4.76. The van der Waals surface area contributed by atoms with Crippen LogP contribution in [0.25, 0.3) is 11.1 Å². The predicted octanol–water partition coefficient (Wildman–Crippen LogP) is 4.21. The SMILES string of the molecule is CC(CCCC(=O)O)NC(=O)C1(NC(=O)OCC2c3ccccc3-c3ccccc32)CCC1. The van der Waals surface area contributed by atoms with Gasteiger partial charge in [0.2, 0.25) is 5.91 Å². The van der Waals surface area contributed by atoms with E-state index in [1.807, 2.05) is 31.2 Å². The monoisotopic (exact) mass is 450 g/mol. The van der Waals surface area contributed by atoms with Crippen molar-refractivity contribution in [2.45, 2.75) is 62.9 Å². The van der Waals surface area contributed by atoms with Gasteiger partial charge in [0, 0.05) is 18.4 Å². The van der Waals surface area contributed by atoms with Crippen LogP contribution >= 0.6 is 0 Å². The topological polar surface area (TPSA) is 105 Å².